The maximum atomic E-state index is 12.8. The van der Waals surface area contributed by atoms with Crippen molar-refractivity contribution >= 4 is 17.3 Å². The summed E-state index contributed by atoms with van der Waals surface area (Å²) in [7, 11) is 4.83. The number of benzene rings is 2. The smallest absolute Gasteiger partial charge is 0.294 e. The fourth-order valence-electron chi connectivity index (χ4n) is 2.78. The van der Waals surface area contributed by atoms with Crippen LogP contribution in [-0.4, -0.2) is 41.3 Å². The lowest BCUT2D eigenvalue weighted by molar-refractivity contribution is 0.0802. The van der Waals surface area contributed by atoms with Crippen LogP contribution in [0.2, 0.25) is 0 Å². The number of nitrogens with one attached hydrogen (secondary N) is 1. The van der Waals surface area contributed by atoms with Gasteiger partial charge in [-0.15, -0.1) is 0 Å². The van der Waals surface area contributed by atoms with E-state index in [1.165, 1.54) is 10.9 Å². The van der Waals surface area contributed by atoms with Gasteiger partial charge in [0, 0.05) is 31.9 Å². The number of para-hydroxylation sites is 2. The Morgan fingerprint density at radius 3 is 2.57 bits per heavy atom. The maximum Gasteiger partial charge on any atom is 0.294 e. The first-order chi connectivity index (χ1) is 14.4. The first-order valence-corrected chi connectivity index (χ1v) is 9.44. The second-order valence-corrected chi connectivity index (χ2v) is 6.59. The first-order valence-electron chi connectivity index (χ1n) is 9.44. The second-order valence-electron chi connectivity index (χ2n) is 6.59. The fourth-order valence-corrected chi connectivity index (χ4v) is 2.78. The molecule has 8 nitrogen and oxygen atoms in total. The Bertz CT molecular complexity index is 1110. The van der Waals surface area contributed by atoms with E-state index in [0.29, 0.717) is 29.3 Å². The normalized spacial score (nSPS) is 10.4. The molecule has 1 N–H and O–H groups in total. The predicted octanol–water partition coefficient (Wildman–Crippen LogP) is 3.42. The molecular formula is C22H24N4O4. The molecule has 30 heavy (non-hydrogen) atoms. The van der Waals surface area contributed by atoms with E-state index >= 15 is 0 Å². The Labute approximate surface area is 174 Å². The molecule has 0 bridgehead atoms. The van der Waals surface area contributed by atoms with Crippen molar-refractivity contribution in [1.82, 2.24) is 14.7 Å². The summed E-state index contributed by atoms with van der Waals surface area (Å²) in [5.41, 5.74) is 0.928. The van der Waals surface area contributed by atoms with Gasteiger partial charge in [-0.2, -0.15) is 5.10 Å². The van der Waals surface area contributed by atoms with Crippen molar-refractivity contribution in [3.8, 4) is 17.2 Å². The Hall–Kier alpha value is -3.81. The third kappa shape index (κ3) is 4.43. The van der Waals surface area contributed by atoms with E-state index in [0.717, 1.165) is 0 Å². The van der Waals surface area contributed by atoms with Crippen molar-refractivity contribution in [1.29, 1.82) is 0 Å². The van der Waals surface area contributed by atoms with Crippen molar-refractivity contribution < 1.29 is 14.3 Å². The van der Waals surface area contributed by atoms with Gasteiger partial charge in [0.25, 0.3) is 11.5 Å². The molecular weight excluding hydrogens is 384 g/mol. The van der Waals surface area contributed by atoms with Crippen molar-refractivity contribution in [2.45, 2.75) is 6.92 Å². The van der Waals surface area contributed by atoms with Crippen molar-refractivity contribution in [2.75, 3.05) is 26.0 Å². The van der Waals surface area contributed by atoms with Crippen LogP contribution in [0.15, 0.2) is 59.5 Å². The number of ether oxygens (including phenoxy) is 2. The van der Waals surface area contributed by atoms with Gasteiger partial charge in [0.15, 0.2) is 22.9 Å². The molecule has 0 unspecified atom stereocenters. The molecule has 0 radical (unpaired) electrons. The van der Waals surface area contributed by atoms with Crippen LogP contribution in [0.25, 0.3) is 0 Å². The SMILES string of the molecule is CCN(C)C(=O)c1cccc(Nc2c(Oc3ccccc3OC)cnn(C)c2=O)c1. The minimum Gasteiger partial charge on any atom is -0.493 e. The van der Waals surface area contributed by atoms with Crippen molar-refractivity contribution in [3.63, 3.8) is 0 Å². The van der Waals surface area contributed by atoms with Gasteiger partial charge >= 0.3 is 0 Å². The number of hydrogen-bond acceptors (Lipinski definition) is 6. The lowest BCUT2D eigenvalue weighted by Crippen LogP contribution is -2.26. The zero-order valence-electron chi connectivity index (χ0n) is 17.4. The fraction of sp³-hybridized carbons (Fsp3) is 0.227. The lowest BCUT2D eigenvalue weighted by atomic mass is 10.1. The van der Waals surface area contributed by atoms with Gasteiger partial charge in [-0.05, 0) is 37.3 Å². The Kier molecular flexibility index (Phi) is 6.36. The summed E-state index contributed by atoms with van der Waals surface area (Å²) < 4.78 is 12.5. The summed E-state index contributed by atoms with van der Waals surface area (Å²) in [5, 5.41) is 7.13. The molecule has 0 fully saturated rings. The zero-order valence-corrected chi connectivity index (χ0v) is 17.4. The highest BCUT2D eigenvalue weighted by Gasteiger charge is 2.16. The number of aryl methyl sites for hydroxylation is 1. The summed E-state index contributed by atoms with van der Waals surface area (Å²) in [5.74, 6) is 1.12. The summed E-state index contributed by atoms with van der Waals surface area (Å²) in [6.45, 7) is 2.50. The quantitative estimate of drug-likeness (QED) is 0.645. The number of amides is 1. The zero-order chi connectivity index (χ0) is 21.7. The molecule has 3 aromatic rings. The van der Waals surface area contributed by atoms with Crippen LogP contribution < -0.4 is 20.3 Å². The molecule has 2 aromatic carbocycles. The summed E-state index contributed by atoms with van der Waals surface area (Å²) in [6, 6.07) is 14.1. The number of aromatic nitrogens is 2. The topological polar surface area (TPSA) is 85.7 Å². The molecule has 1 heterocycles. The highest BCUT2D eigenvalue weighted by molar-refractivity contribution is 5.95. The molecule has 0 atom stereocenters. The predicted molar refractivity (Wildman–Crippen MR) is 115 cm³/mol. The Morgan fingerprint density at radius 1 is 1.13 bits per heavy atom. The Balaban J connectivity index is 1.98. The van der Waals surface area contributed by atoms with Gasteiger partial charge in [0.1, 0.15) is 0 Å². The van der Waals surface area contributed by atoms with Crippen LogP contribution in [-0.2, 0) is 7.05 Å². The van der Waals surface area contributed by atoms with Gasteiger partial charge < -0.3 is 19.7 Å². The van der Waals surface area contributed by atoms with Crippen LogP contribution in [0.4, 0.5) is 11.4 Å². The average molecular weight is 408 g/mol. The van der Waals surface area contributed by atoms with E-state index in [4.69, 9.17) is 9.47 Å². The molecule has 1 amide bonds. The number of methoxy groups -OCH3 is 1. The monoisotopic (exact) mass is 408 g/mol. The minimum atomic E-state index is -0.371. The number of rotatable bonds is 7. The van der Waals surface area contributed by atoms with E-state index in [-0.39, 0.29) is 22.9 Å². The molecule has 156 valence electrons. The summed E-state index contributed by atoms with van der Waals surface area (Å²) in [6.07, 6.45) is 1.45. The lowest BCUT2D eigenvalue weighted by Gasteiger charge is -2.16. The highest BCUT2D eigenvalue weighted by Crippen LogP contribution is 2.34. The highest BCUT2D eigenvalue weighted by atomic mass is 16.5. The number of hydrogen-bond donors (Lipinski definition) is 1. The van der Waals surface area contributed by atoms with Crippen LogP contribution >= 0.6 is 0 Å². The molecule has 8 heteroatoms. The van der Waals surface area contributed by atoms with Crippen LogP contribution in [0.5, 0.6) is 17.2 Å². The van der Waals surface area contributed by atoms with Crippen molar-refractivity contribution in [3.05, 3.63) is 70.6 Å². The molecule has 0 saturated heterocycles. The standard InChI is InChI=1S/C22H24N4O4/c1-5-25(2)21(27)15-9-8-10-16(13-15)24-20-19(14-23-26(3)22(20)28)30-18-12-7-6-11-17(18)29-4/h6-14,24H,5H2,1-4H3. The van der Waals surface area contributed by atoms with E-state index < -0.39 is 0 Å². The number of anilines is 2. The van der Waals surface area contributed by atoms with Gasteiger partial charge in [-0.1, -0.05) is 18.2 Å². The van der Waals surface area contributed by atoms with E-state index in [1.54, 1.807) is 68.6 Å². The third-order valence-corrected chi connectivity index (χ3v) is 4.59. The minimum absolute atomic E-state index is 0.103. The summed E-state index contributed by atoms with van der Waals surface area (Å²) >= 11 is 0. The van der Waals surface area contributed by atoms with E-state index in [9.17, 15) is 9.59 Å². The molecule has 0 aliphatic rings. The molecule has 1 aromatic heterocycles. The Morgan fingerprint density at radius 2 is 1.87 bits per heavy atom. The van der Waals surface area contributed by atoms with E-state index in [2.05, 4.69) is 10.4 Å². The molecule has 0 spiro atoms. The van der Waals surface area contributed by atoms with Crippen molar-refractivity contribution in [2.24, 2.45) is 7.05 Å². The molecule has 0 saturated carbocycles. The molecule has 3 rings (SSSR count). The van der Waals surface area contributed by atoms with Gasteiger partial charge in [0.2, 0.25) is 0 Å². The first kappa shape index (κ1) is 20.9. The van der Waals surface area contributed by atoms with Gasteiger partial charge in [-0.3, -0.25) is 9.59 Å². The molecule has 0 aliphatic carbocycles. The van der Waals surface area contributed by atoms with Crippen LogP contribution in [0.1, 0.15) is 17.3 Å². The average Bonchev–Trinajstić information content (AvgIpc) is 2.78. The van der Waals surface area contributed by atoms with Crippen LogP contribution in [0.3, 0.4) is 0 Å². The van der Waals surface area contributed by atoms with Gasteiger partial charge in [-0.25, -0.2) is 4.68 Å². The van der Waals surface area contributed by atoms with E-state index in [1.807, 2.05) is 13.0 Å². The van der Waals surface area contributed by atoms with Gasteiger partial charge in [0.05, 0.1) is 13.3 Å². The largest absolute Gasteiger partial charge is 0.493 e. The maximum absolute atomic E-state index is 12.8. The van der Waals surface area contributed by atoms with Crippen LogP contribution in [0, 0.1) is 0 Å². The number of nitrogens with zero attached hydrogens (tertiary/aromatic N) is 3. The summed E-state index contributed by atoms with van der Waals surface area (Å²) in [4.78, 5) is 26.8. The number of carbonyl (C=O) groups excluding carboxylic acids is 1. The number of carbonyl (C=O) groups is 1. The second kappa shape index (κ2) is 9.13. The third-order valence-electron chi connectivity index (χ3n) is 4.59. The molecule has 0 aliphatic heterocycles.